The molecule has 0 heterocycles. The number of fused-ring (bicyclic) bond motifs is 1. The van der Waals surface area contributed by atoms with Gasteiger partial charge in [0, 0.05) is 0 Å². The summed E-state index contributed by atoms with van der Waals surface area (Å²) in [4.78, 5) is 0. The van der Waals surface area contributed by atoms with E-state index < -0.39 is 0 Å². The average molecular weight is 757 g/mol. The molecule has 0 aliphatic carbocycles. The Morgan fingerprint density at radius 1 is 0.167 bits per heavy atom. The van der Waals surface area contributed by atoms with E-state index in [1.165, 1.54) is 131 Å². The van der Waals surface area contributed by atoms with E-state index in [2.05, 4.69) is 218 Å². The van der Waals surface area contributed by atoms with Crippen molar-refractivity contribution in [2.75, 3.05) is 0 Å². The monoisotopic (exact) mass is 756 g/mol. The Morgan fingerprint density at radius 2 is 0.517 bits per heavy atom. The molecule has 13 rings (SSSR count). The van der Waals surface area contributed by atoms with Gasteiger partial charge in [0.25, 0.3) is 0 Å². The average Bonchev–Trinajstić information content (AvgIpc) is 3.32. The molecule has 0 N–H and O–H groups in total. The van der Waals surface area contributed by atoms with Crippen molar-refractivity contribution in [3.05, 3.63) is 218 Å². The maximum Gasteiger partial charge on any atom is -0.00206 e. The Balaban J connectivity index is 0.994. The molecular formula is C60H36. The number of hydrogen-bond donors (Lipinski definition) is 0. The minimum absolute atomic E-state index is 1.20. The third kappa shape index (κ3) is 5.04. The lowest BCUT2D eigenvalue weighted by molar-refractivity contribution is 1.57. The number of benzene rings is 13. The van der Waals surface area contributed by atoms with E-state index in [1.54, 1.807) is 0 Å². The van der Waals surface area contributed by atoms with E-state index >= 15 is 0 Å². The van der Waals surface area contributed by atoms with Gasteiger partial charge in [-0.1, -0.05) is 188 Å². The van der Waals surface area contributed by atoms with Crippen LogP contribution in [0.4, 0.5) is 0 Å². The van der Waals surface area contributed by atoms with Crippen molar-refractivity contribution < 1.29 is 0 Å². The highest BCUT2D eigenvalue weighted by Gasteiger charge is 2.16. The van der Waals surface area contributed by atoms with E-state index in [-0.39, 0.29) is 0 Å². The lowest BCUT2D eigenvalue weighted by atomic mass is 9.87. The molecule has 0 nitrogen and oxygen atoms in total. The van der Waals surface area contributed by atoms with Crippen LogP contribution in [-0.2, 0) is 0 Å². The van der Waals surface area contributed by atoms with Crippen molar-refractivity contribution in [3.63, 3.8) is 0 Å². The maximum atomic E-state index is 2.39. The van der Waals surface area contributed by atoms with E-state index in [4.69, 9.17) is 0 Å². The molecule has 0 aliphatic heterocycles. The van der Waals surface area contributed by atoms with Crippen LogP contribution in [0.25, 0.3) is 131 Å². The highest BCUT2D eigenvalue weighted by Crippen LogP contribution is 2.43. The highest BCUT2D eigenvalue weighted by atomic mass is 14.2. The first-order valence-corrected chi connectivity index (χ1v) is 20.9. The second kappa shape index (κ2) is 12.9. The Morgan fingerprint density at radius 3 is 1.07 bits per heavy atom. The topological polar surface area (TPSA) is 0 Å². The molecule has 0 atom stereocenters. The first-order valence-electron chi connectivity index (χ1n) is 20.9. The van der Waals surface area contributed by atoms with Gasteiger partial charge in [-0.05, 0) is 161 Å². The lowest BCUT2D eigenvalue weighted by Gasteiger charge is -2.16. The van der Waals surface area contributed by atoms with Gasteiger partial charge in [0.15, 0.2) is 0 Å². The zero-order valence-electron chi connectivity index (χ0n) is 32.8. The van der Waals surface area contributed by atoms with Crippen LogP contribution in [0.15, 0.2) is 218 Å². The van der Waals surface area contributed by atoms with Crippen molar-refractivity contribution in [1.29, 1.82) is 0 Å². The maximum absolute atomic E-state index is 2.39. The molecule has 0 aromatic heterocycles. The zero-order chi connectivity index (χ0) is 39.3. The molecule has 0 aliphatic rings. The van der Waals surface area contributed by atoms with Gasteiger partial charge in [-0.3, -0.25) is 0 Å². The van der Waals surface area contributed by atoms with Crippen molar-refractivity contribution in [2.45, 2.75) is 0 Å². The van der Waals surface area contributed by atoms with Gasteiger partial charge >= 0.3 is 0 Å². The standard InChI is InChI=1S/C60H36/c1-2-18-51-37(8-1)9-7-19-52(51)50-35-48(44-14-5-16-46(32-44)53-28-24-42-22-20-38-10-3-12-40-26-30-55(53)59(42)57(38)40)34-49(36-50)45-15-6-17-47(33-45)54-29-25-43-23-21-39-11-4-13-41-27-31-56(54)60(43)58(39)41/h1-36H. The predicted molar refractivity (Wildman–Crippen MR) is 259 cm³/mol. The van der Waals surface area contributed by atoms with E-state index in [0.29, 0.717) is 0 Å². The number of hydrogen-bond acceptors (Lipinski definition) is 0. The summed E-state index contributed by atoms with van der Waals surface area (Å²) in [5.41, 5.74) is 12.2. The van der Waals surface area contributed by atoms with E-state index in [1.807, 2.05) is 0 Å². The molecule has 0 fully saturated rings. The molecule has 0 radical (unpaired) electrons. The van der Waals surface area contributed by atoms with Crippen LogP contribution in [0.5, 0.6) is 0 Å². The molecule has 0 bridgehead atoms. The molecule has 0 spiro atoms. The van der Waals surface area contributed by atoms with Crippen molar-refractivity contribution in [3.8, 4) is 55.6 Å². The fourth-order valence-corrected chi connectivity index (χ4v) is 10.3. The van der Waals surface area contributed by atoms with Crippen LogP contribution in [0.2, 0.25) is 0 Å². The summed E-state index contributed by atoms with van der Waals surface area (Å²) in [5, 5.41) is 18.2. The molecule has 0 heteroatoms. The van der Waals surface area contributed by atoms with E-state index in [0.717, 1.165) is 0 Å². The summed E-state index contributed by atoms with van der Waals surface area (Å²) in [5.74, 6) is 0. The summed E-state index contributed by atoms with van der Waals surface area (Å²) in [7, 11) is 0. The van der Waals surface area contributed by atoms with Gasteiger partial charge in [-0.2, -0.15) is 0 Å². The molecule has 0 amide bonds. The van der Waals surface area contributed by atoms with Gasteiger partial charge in [-0.25, -0.2) is 0 Å². The van der Waals surface area contributed by atoms with Crippen LogP contribution in [0.1, 0.15) is 0 Å². The van der Waals surface area contributed by atoms with Gasteiger partial charge < -0.3 is 0 Å². The molecular weight excluding hydrogens is 721 g/mol. The summed E-state index contributed by atoms with van der Waals surface area (Å²) in [6, 6.07) is 81.6. The molecule has 13 aromatic carbocycles. The summed E-state index contributed by atoms with van der Waals surface area (Å²) < 4.78 is 0. The minimum Gasteiger partial charge on any atom is -0.0616 e. The third-order valence-corrected chi connectivity index (χ3v) is 13.1. The predicted octanol–water partition coefficient (Wildman–Crippen LogP) is 17.0. The van der Waals surface area contributed by atoms with Gasteiger partial charge in [-0.15, -0.1) is 0 Å². The fraction of sp³-hybridized carbons (Fsp3) is 0. The third-order valence-electron chi connectivity index (χ3n) is 13.1. The summed E-state index contributed by atoms with van der Waals surface area (Å²) in [6.45, 7) is 0. The zero-order valence-corrected chi connectivity index (χ0v) is 32.8. The molecule has 276 valence electrons. The highest BCUT2D eigenvalue weighted by molar-refractivity contribution is 6.26. The van der Waals surface area contributed by atoms with Crippen LogP contribution in [0, 0.1) is 0 Å². The van der Waals surface area contributed by atoms with E-state index in [9.17, 15) is 0 Å². The Hall–Kier alpha value is -7.80. The smallest absolute Gasteiger partial charge is 0.00206 e. The lowest BCUT2D eigenvalue weighted by Crippen LogP contribution is -1.90. The Bertz CT molecular complexity index is 3580. The molecule has 13 aromatic rings. The second-order valence-electron chi connectivity index (χ2n) is 16.4. The Labute approximate surface area is 347 Å². The fourth-order valence-electron chi connectivity index (χ4n) is 10.3. The van der Waals surface area contributed by atoms with Crippen molar-refractivity contribution >= 4 is 75.4 Å². The van der Waals surface area contributed by atoms with Gasteiger partial charge in [0.1, 0.15) is 0 Å². The number of rotatable bonds is 5. The first kappa shape index (κ1) is 33.2. The van der Waals surface area contributed by atoms with Crippen molar-refractivity contribution in [1.82, 2.24) is 0 Å². The summed E-state index contributed by atoms with van der Waals surface area (Å²) in [6.07, 6.45) is 0. The van der Waals surface area contributed by atoms with Crippen molar-refractivity contribution in [2.24, 2.45) is 0 Å². The largest absolute Gasteiger partial charge is 0.0616 e. The van der Waals surface area contributed by atoms with Gasteiger partial charge in [0.2, 0.25) is 0 Å². The minimum atomic E-state index is 1.20. The van der Waals surface area contributed by atoms with Gasteiger partial charge in [0.05, 0.1) is 0 Å². The summed E-state index contributed by atoms with van der Waals surface area (Å²) >= 11 is 0. The molecule has 0 saturated carbocycles. The molecule has 60 heavy (non-hydrogen) atoms. The van der Waals surface area contributed by atoms with Crippen LogP contribution >= 0.6 is 0 Å². The van der Waals surface area contributed by atoms with Crippen LogP contribution in [-0.4, -0.2) is 0 Å². The SMILES string of the molecule is c1cc(-c2cc(-c3cccc(-c4ccc5ccc6cccc7ccc4c5c67)c3)cc(-c3cccc4ccccc34)c2)cc(-c2ccc3ccc4cccc5ccc2c3c45)c1. The first-order chi connectivity index (χ1) is 29.7. The van der Waals surface area contributed by atoms with Crippen LogP contribution < -0.4 is 0 Å². The molecule has 0 unspecified atom stereocenters. The second-order valence-corrected chi connectivity index (χ2v) is 16.4. The van der Waals surface area contributed by atoms with Crippen LogP contribution in [0.3, 0.4) is 0 Å². The Kier molecular flexibility index (Phi) is 7.11. The quantitative estimate of drug-likeness (QED) is 0.153. The molecule has 0 saturated heterocycles. The normalized spacial score (nSPS) is 12.0.